The molecule has 3 nitrogen and oxygen atoms in total. The largest absolute Gasteiger partial charge is 0.465 e. The Bertz CT molecular complexity index is 362. The summed E-state index contributed by atoms with van der Waals surface area (Å²) in [6, 6.07) is 8.05. The molecule has 1 N–H and O–H groups in total. The van der Waals surface area contributed by atoms with Crippen LogP contribution in [0.15, 0.2) is 24.3 Å². The molecule has 2 rings (SSSR count). The molecule has 88 valence electrons. The van der Waals surface area contributed by atoms with Gasteiger partial charge in [-0.2, -0.15) is 0 Å². The Morgan fingerprint density at radius 3 is 2.94 bits per heavy atom. The molecular weight excluding hydrogens is 226 g/mol. The minimum absolute atomic E-state index is 0. The summed E-state index contributed by atoms with van der Waals surface area (Å²) in [7, 11) is 1.41. The maximum Gasteiger partial charge on any atom is 0.337 e. The lowest BCUT2D eigenvalue weighted by Crippen LogP contribution is -2.13. The monoisotopic (exact) mass is 241 g/mol. The third kappa shape index (κ3) is 2.74. The summed E-state index contributed by atoms with van der Waals surface area (Å²) in [5.41, 5.74) is 1.80. The number of hydrogen-bond donors (Lipinski definition) is 1. The van der Waals surface area contributed by atoms with Gasteiger partial charge in [0.25, 0.3) is 0 Å². The fourth-order valence-electron chi connectivity index (χ4n) is 1.97. The quantitative estimate of drug-likeness (QED) is 0.808. The fourth-order valence-corrected chi connectivity index (χ4v) is 1.97. The predicted molar refractivity (Wildman–Crippen MR) is 65.0 cm³/mol. The second-order valence-electron chi connectivity index (χ2n) is 3.77. The number of carbonyl (C=O) groups excluding carboxylic acids is 1. The van der Waals surface area contributed by atoms with Crippen molar-refractivity contribution in [2.75, 3.05) is 13.7 Å². The van der Waals surface area contributed by atoms with Crippen LogP contribution in [0.4, 0.5) is 0 Å². The van der Waals surface area contributed by atoms with Gasteiger partial charge in [-0.25, -0.2) is 4.79 Å². The summed E-state index contributed by atoms with van der Waals surface area (Å²) in [6.07, 6.45) is 2.34. The first-order chi connectivity index (χ1) is 7.31. The molecule has 1 atom stereocenters. The van der Waals surface area contributed by atoms with E-state index in [0.717, 1.165) is 13.0 Å². The van der Waals surface area contributed by atoms with Crippen molar-refractivity contribution >= 4 is 18.4 Å². The van der Waals surface area contributed by atoms with Gasteiger partial charge in [0.15, 0.2) is 0 Å². The van der Waals surface area contributed by atoms with Crippen molar-refractivity contribution in [1.29, 1.82) is 0 Å². The fraction of sp³-hybridized carbons (Fsp3) is 0.417. The van der Waals surface area contributed by atoms with Gasteiger partial charge in [0, 0.05) is 6.04 Å². The number of benzene rings is 1. The van der Waals surface area contributed by atoms with Crippen LogP contribution in [-0.4, -0.2) is 19.6 Å². The lowest BCUT2D eigenvalue weighted by molar-refractivity contribution is 0.0600. The third-order valence-corrected chi connectivity index (χ3v) is 2.77. The second kappa shape index (κ2) is 5.87. The standard InChI is InChI=1S/C12H15NO2.ClH/c1-15-12(14)10-5-2-4-9(8-10)11-6-3-7-13-11;/h2,4-5,8,11,13H,3,6-7H2,1H3;1H/t11-;/m1./s1. The van der Waals surface area contributed by atoms with Gasteiger partial charge in [0.2, 0.25) is 0 Å². The van der Waals surface area contributed by atoms with Gasteiger partial charge in [0.1, 0.15) is 0 Å². The van der Waals surface area contributed by atoms with E-state index in [0.29, 0.717) is 11.6 Å². The van der Waals surface area contributed by atoms with Crippen molar-refractivity contribution in [3.8, 4) is 0 Å². The highest BCUT2D eigenvalue weighted by atomic mass is 35.5. The van der Waals surface area contributed by atoms with Crippen LogP contribution in [0.3, 0.4) is 0 Å². The van der Waals surface area contributed by atoms with Crippen molar-refractivity contribution in [2.45, 2.75) is 18.9 Å². The number of nitrogens with one attached hydrogen (secondary N) is 1. The summed E-state index contributed by atoms with van der Waals surface area (Å²) in [6.45, 7) is 1.06. The molecule has 1 heterocycles. The molecule has 0 bridgehead atoms. The van der Waals surface area contributed by atoms with Crippen LogP contribution in [0.2, 0.25) is 0 Å². The molecule has 1 aliphatic heterocycles. The van der Waals surface area contributed by atoms with E-state index in [-0.39, 0.29) is 18.4 Å². The highest BCUT2D eigenvalue weighted by Crippen LogP contribution is 2.23. The number of carbonyl (C=O) groups is 1. The highest BCUT2D eigenvalue weighted by Gasteiger charge is 2.17. The van der Waals surface area contributed by atoms with Gasteiger partial charge >= 0.3 is 5.97 Å². The van der Waals surface area contributed by atoms with E-state index in [1.165, 1.54) is 19.1 Å². The van der Waals surface area contributed by atoms with Crippen LogP contribution < -0.4 is 5.32 Å². The van der Waals surface area contributed by atoms with Gasteiger partial charge < -0.3 is 10.1 Å². The minimum atomic E-state index is -0.269. The van der Waals surface area contributed by atoms with E-state index in [9.17, 15) is 4.79 Å². The molecule has 1 saturated heterocycles. The van der Waals surface area contributed by atoms with E-state index >= 15 is 0 Å². The van der Waals surface area contributed by atoms with Crippen molar-refractivity contribution < 1.29 is 9.53 Å². The van der Waals surface area contributed by atoms with E-state index in [2.05, 4.69) is 11.4 Å². The highest BCUT2D eigenvalue weighted by molar-refractivity contribution is 5.89. The molecule has 1 aromatic carbocycles. The molecule has 0 amide bonds. The van der Waals surface area contributed by atoms with E-state index in [4.69, 9.17) is 4.74 Å². The Morgan fingerprint density at radius 2 is 2.31 bits per heavy atom. The zero-order valence-corrected chi connectivity index (χ0v) is 10.0. The second-order valence-corrected chi connectivity index (χ2v) is 3.77. The SMILES string of the molecule is COC(=O)c1cccc([C@H]2CCCN2)c1.Cl. The molecule has 0 saturated carbocycles. The Morgan fingerprint density at radius 1 is 1.50 bits per heavy atom. The first-order valence-corrected chi connectivity index (χ1v) is 5.23. The number of esters is 1. The van der Waals surface area contributed by atoms with Crippen LogP contribution >= 0.6 is 12.4 Å². The molecule has 0 spiro atoms. The summed E-state index contributed by atoms with van der Waals surface area (Å²) < 4.78 is 4.69. The number of ether oxygens (including phenoxy) is 1. The zero-order valence-electron chi connectivity index (χ0n) is 9.23. The number of hydrogen-bond acceptors (Lipinski definition) is 3. The Kier molecular flexibility index (Phi) is 4.77. The van der Waals surface area contributed by atoms with Gasteiger partial charge in [-0.3, -0.25) is 0 Å². The Labute approximate surface area is 102 Å². The molecule has 0 aromatic heterocycles. The number of methoxy groups -OCH3 is 1. The van der Waals surface area contributed by atoms with Crippen molar-refractivity contribution in [1.82, 2.24) is 5.32 Å². The average molecular weight is 242 g/mol. The van der Waals surface area contributed by atoms with Gasteiger partial charge in [-0.05, 0) is 37.1 Å². The smallest absolute Gasteiger partial charge is 0.337 e. The van der Waals surface area contributed by atoms with Crippen LogP contribution in [0, 0.1) is 0 Å². The third-order valence-electron chi connectivity index (χ3n) is 2.77. The number of rotatable bonds is 2. The topological polar surface area (TPSA) is 38.3 Å². The van der Waals surface area contributed by atoms with Crippen LogP contribution in [0.5, 0.6) is 0 Å². The molecule has 1 aromatic rings. The summed E-state index contributed by atoms with van der Waals surface area (Å²) >= 11 is 0. The van der Waals surface area contributed by atoms with Crippen LogP contribution in [0.25, 0.3) is 0 Å². The normalized spacial score (nSPS) is 18.9. The molecule has 0 radical (unpaired) electrons. The molecule has 4 heteroatoms. The lowest BCUT2D eigenvalue weighted by atomic mass is 10.0. The van der Waals surface area contributed by atoms with Crippen molar-refractivity contribution in [2.24, 2.45) is 0 Å². The molecule has 1 fully saturated rings. The van der Waals surface area contributed by atoms with E-state index in [1.807, 2.05) is 12.1 Å². The predicted octanol–water partition coefficient (Wildman–Crippen LogP) is 2.32. The minimum Gasteiger partial charge on any atom is -0.465 e. The van der Waals surface area contributed by atoms with Gasteiger partial charge in [-0.1, -0.05) is 12.1 Å². The summed E-state index contributed by atoms with van der Waals surface area (Å²) in [4.78, 5) is 11.3. The van der Waals surface area contributed by atoms with Crippen molar-refractivity contribution in [3.05, 3.63) is 35.4 Å². The molecule has 16 heavy (non-hydrogen) atoms. The maximum atomic E-state index is 11.3. The summed E-state index contributed by atoms with van der Waals surface area (Å²) in [5.74, 6) is -0.269. The first kappa shape index (κ1) is 13.0. The van der Waals surface area contributed by atoms with E-state index in [1.54, 1.807) is 6.07 Å². The van der Waals surface area contributed by atoms with Crippen LogP contribution in [0.1, 0.15) is 34.8 Å². The molecular formula is C12H16ClNO2. The van der Waals surface area contributed by atoms with Gasteiger partial charge in [-0.15, -0.1) is 12.4 Å². The molecule has 1 aliphatic rings. The maximum absolute atomic E-state index is 11.3. The summed E-state index contributed by atoms with van der Waals surface area (Å²) in [5, 5.41) is 3.40. The molecule has 0 unspecified atom stereocenters. The zero-order chi connectivity index (χ0) is 10.7. The van der Waals surface area contributed by atoms with E-state index < -0.39 is 0 Å². The first-order valence-electron chi connectivity index (χ1n) is 5.23. The van der Waals surface area contributed by atoms with Crippen molar-refractivity contribution in [3.63, 3.8) is 0 Å². The average Bonchev–Trinajstić information content (AvgIpc) is 2.82. The lowest BCUT2D eigenvalue weighted by Gasteiger charge is -2.11. The Hall–Kier alpha value is -1.06. The van der Waals surface area contributed by atoms with Crippen LogP contribution in [-0.2, 0) is 4.74 Å². The molecule has 0 aliphatic carbocycles. The van der Waals surface area contributed by atoms with Gasteiger partial charge in [0.05, 0.1) is 12.7 Å². The number of halogens is 1. The Balaban J connectivity index is 0.00000128.